The van der Waals surface area contributed by atoms with Crippen molar-refractivity contribution in [3.63, 3.8) is 0 Å². The molecule has 13 nitrogen and oxygen atoms in total. The lowest BCUT2D eigenvalue weighted by molar-refractivity contribution is -0.145. The number of aliphatic carboxylic acids is 1. The molecule has 3 N–H and O–H groups in total. The van der Waals surface area contributed by atoms with E-state index in [1.165, 1.54) is 4.90 Å². The van der Waals surface area contributed by atoms with E-state index in [1.54, 1.807) is 24.4 Å². The van der Waals surface area contributed by atoms with Gasteiger partial charge in [-0.05, 0) is 75.6 Å². The second-order valence-corrected chi connectivity index (χ2v) is 15.1. The van der Waals surface area contributed by atoms with E-state index in [1.807, 2.05) is 36.4 Å². The molecular formula is C40H46ClN5O8. The standard InChI is InChI=1S/C40H46ClN5O8/c41-31-16-9-15-30-33(22-34(44-36(30)31)52-19-17-26-11-7-8-18-42-26)53-29-21-32-37(48)45-40(38(49)50)23-25(40)10-3-1-2-4-12-27(20-35(47)46(32)24-29)43-39(51)54-28-13-5-6-14-28/h3,7-11,15-16,18,22,25,27-29,32H,1-2,4-6,12-14,17,19-21,23-24H2,(H,43,51)(H,45,48)(H,49,50)/b10-3-/t25-,27-,29+,32-,40+/m0/s1. The average Bonchev–Trinajstić information content (AvgIpc) is 3.42. The summed E-state index contributed by atoms with van der Waals surface area (Å²) in [5.41, 5.74) is -0.0955. The van der Waals surface area contributed by atoms with Crippen LogP contribution in [0.4, 0.5) is 4.79 Å². The maximum absolute atomic E-state index is 14.2. The maximum atomic E-state index is 14.2. The van der Waals surface area contributed by atoms with Gasteiger partial charge in [0.25, 0.3) is 0 Å². The van der Waals surface area contributed by atoms with Crippen molar-refractivity contribution in [3.05, 3.63) is 71.5 Å². The van der Waals surface area contributed by atoms with Crippen LogP contribution < -0.4 is 20.1 Å². The van der Waals surface area contributed by atoms with E-state index in [-0.39, 0.29) is 49.6 Å². The Morgan fingerprint density at radius 2 is 1.89 bits per heavy atom. The molecule has 4 heterocycles. The van der Waals surface area contributed by atoms with E-state index in [0.29, 0.717) is 47.5 Å². The molecule has 0 bridgehead atoms. The lowest BCUT2D eigenvalue weighted by Crippen LogP contribution is -2.53. The SMILES string of the molecule is O=C(N[C@H]1CCCC/C=C\[C@H]2C[C@@]2(C(=O)O)NC(=O)[C@@H]2C[C@@H](Oc3cc(OCCc4ccccn4)nc4c(Cl)cccc34)CN2C(=O)C1)OC1CCCC1. The molecular weight excluding hydrogens is 714 g/mol. The first-order valence-corrected chi connectivity index (χ1v) is 19.3. The molecule has 1 aromatic carbocycles. The van der Waals surface area contributed by atoms with Crippen molar-refractivity contribution in [2.45, 2.75) is 107 Å². The minimum absolute atomic E-state index is 0.0547. The number of nitrogens with one attached hydrogen (secondary N) is 2. The number of aromatic nitrogens is 2. The Balaban J connectivity index is 1.13. The number of para-hydroxylation sites is 1. The van der Waals surface area contributed by atoms with Crippen LogP contribution in [-0.4, -0.2) is 86.8 Å². The van der Waals surface area contributed by atoms with Crippen molar-refractivity contribution in [1.29, 1.82) is 0 Å². The van der Waals surface area contributed by atoms with E-state index >= 15 is 0 Å². The van der Waals surface area contributed by atoms with Gasteiger partial charge in [-0.3, -0.25) is 14.6 Å². The van der Waals surface area contributed by atoms with Gasteiger partial charge >= 0.3 is 12.1 Å². The van der Waals surface area contributed by atoms with Gasteiger partial charge in [0, 0.05) is 54.6 Å². The van der Waals surface area contributed by atoms with Gasteiger partial charge in [-0.2, -0.15) is 0 Å². The van der Waals surface area contributed by atoms with Crippen LogP contribution in [0.5, 0.6) is 11.6 Å². The summed E-state index contributed by atoms with van der Waals surface area (Å²) in [6, 6.07) is 11.2. The zero-order valence-corrected chi connectivity index (χ0v) is 30.8. The number of pyridine rings is 2. The highest BCUT2D eigenvalue weighted by atomic mass is 35.5. The summed E-state index contributed by atoms with van der Waals surface area (Å²) in [6.45, 7) is 0.359. The Kier molecular flexibility index (Phi) is 11.5. The number of nitrogens with zero attached hydrogens (tertiary/aromatic N) is 3. The number of carbonyl (C=O) groups excluding carboxylic acids is 3. The van der Waals surface area contributed by atoms with Gasteiger partial charge in [-0.15, -0.1) is 0 Å². The normalized spacial score (nSPS) is 26.8. The van der Waals surface area contributed by atoms with Gasteiger partial charge in [0.15, 0.2) is 0 Å². The molecule has 54 heavy (non-hydrogen) atoms. The van der Waals surface area contributed by atoms with E-state index in [2.05, 4.69) is 20.6 Å². The zero-order valence-electron chi connectivity index (χ0n) is 30.1. The van der Waals surface area contributed by atoms with Crippen LogP contribution in [0.2, 0.25) is 5.02 Å². The van der Waals surface area contributed by atoms with Crippen molar-refractivity contribution in [2.24, 2.45) is 5.92 Å². The van der Waals surface area contributed by atoms with Crippen molar-refractivity contribution in [1.82, 2.24) is 25.5 Å². The predicted molar refractivity (Wildman–Crippen MR) is 199 cm³/mol. The molecule has 2 saturated carbocycles. The number of carboxylic acids is 1. The van der Waals surface area contributed by atoms with Crippen LogP contribution in [0.15, 0.2) is 60.8 Å². The van der Waals surface area contributed by atoms with Gasteiger partial charge < -0.3 is 34.9 Å². The Hall–Kier alpha value is -4.91. The van der Waals surface area contributed by atoms with Crippen molar-refractivity contribution < 1.29 is 38.5 Å². The summed E-state index contributed by atoms with van der Waals surface area (Å²) in [5, 5.41) is 17.0. The predicted octanol–water partition coefficient (Wildman–Crippen LogP) is 5.77. The molecule has 0 radical (unpaired) electrons. The Bertz CT molecular complexity index is 1890. The third-order valence-corrected chi connectivity index (χ3v) is 11.2. The van der Waals surface area contributed by atoms with Gasteiger partial charge in [0.1, 0.15) is 29.5 Å². The minimum atomic E-state index is -1.44. The third kappa shape index (κ3) is 8.72. The number of allylic oxidation sites excluding steroid dienone is 1. The van der Waals surface area contributed by atoms with Crippen LogP contribution in [0, 0.1) is 5.92 Å². The molecule has 0 unspecified atom stereocenters. The molecule has 14 heteroatoms. The molecule has 2 aromatic heterocycles. The number of hydrogen-bond acceptors (Lipinski definition) is 9. The van der Waals surface area contributed by atoms with Gasteiger partial charge in [0.2, 0.25) is 17.7 Å². The fraction of sp³-hybridized carbons (Fsp3) is 0.500. The van der Waals surface area contributed by atoms with Gasteiger partial charge in [0.05, 0.1) is 23.7 Å². The topological polar surface area (TPSA) is 169 Å². The number of carboxylic acid groups (broad SMARTS) is 1. The fourth-order valence-electron chi connectivity index (χ4n) is 7.82. The summed E-state index contributed by atoms with van der Waals surface area (Å²) in [4.78, 5) is 64.1. The van der Waals surface area contributed by atoms with Crippen LogP contribution >= 0.6 is 11.6 Å². The number of fused-ring (bicyclic) bond motifs is 3. The maximum Gasteiger partial charge on any atom is 0.407 e. The molecule has 3 aromatic rings. The van der Waals surface area contributed by atoms with Crippen molar-refractivity contribution in [3.8, 4) is 11.6 Å². The molecule has 3 fully saturated rings. The molecule has 1 saturated heterocycles. The summed E-state index contributed by atoms with van der Waals surface area (Å²) in [6.07, 6.45) is 11.6. The van der Waals surface area contributed by atoms with Crippen molar-refractivity contribution in [2.75, 3.05) is 13.2 Å². The first kappa shape index (κ1) is 37.4. The number of alkyl carbamates (subject to hydrolysis) is 1. The number of amides is 3. The second kappa shape index (κ2) is 16.6. The number of rotatable bonds is 9. The van der Waals surface area contributed by atoms with Crippen LogP contribution in [0.3, 0.4) is 0 Å². The fourth-order valence-corrected chi connectivity index (χ4v) is 8.03. The van der Waals surface area contributed by atoms with E-state index < -0.39 is 41.7 Å². The van der Waals surface area contributed by atoms with Crippen LogP contribution in [0.25, 0.3) is 10.9 Å². The summed E-state index contributed by atoms with van der Waals surface area (Å²) >= 11 is 6.58. The molecule has 5 atom stereocenters. The quantitative estimate of drug-likeness (QED) is 0.228. The Morgan fingerprint density at radius 3 is 2.69 bits per heavy atom. The van der Waals surface area contributed by atoms with E-state index in [4.69, 9.17) is 25.8 Å². The number of ether oxygens (including phenoxy) is 3. The lowest BCUT2D eigenvalue weighted by atomic mass is 10.0. The third-order valence-electron chi connectivity index (χ3n) is 10.8. The Morgan fingerprint density at radius 1 is 1.06 bits per heavy atom. The molecule has 7 rings (SSSR count). The first-order valence-electron chi connectivity index (χ1n) is 19.0. The molecule has 3 amide bonds. The minimum Gasteiger partial charge on any atom is -0.488 e. The molecule has 2 aliphatic heterocycles. The summed E-state index contributed by atoms with van der Waals surface area (Å²) < 4.78 is 18.3. The number of benzene rings is 1. The monoisotopic (exact) mass is 759 g/mol. The Labute approximate surface area is 318 Å². The molecule has 286 valence electrons. The zero-order chi connectivity index (χ0) is 37.7. The van der Waals surface area contributed by atoms with Crippen LogP contribution in [0.1, 0.15) is 76.3 Å². The smallest absolute Gasteiger partial charge is 0.407 e. The number of halogens is 1. The second-order valence-electron chi connectivity index (χ2n) is 14.7. The molecule has 0 spiro atoms. The first-order chi connectivity index (χ1) is 26.2. The summed E-state index contributed by atoms with van der Waals surface area (Å²) in [5.74, 6) is -1.67. The highest BCUT2D eigenvalue weighted by molar-refractivity contribution is 6.35. The molecule has 2 aliphatic carbocycles. The molecule has 4 aliphatic rings. The summed E-state index contributed by atoms with van der Waals surface area (Å²) in [7, 11) is 0. The lowest BCUT2D eigenvalue weighted by Gasteiger charge is -2.27. The highest BCUT2D eigenvalue weighted by Gasteiger charge is 2.61. The largest absolute Gasteiger partial charge is 0.488 e. The van der Waals surface area contributed by atoms with Gasteiger partial charge in [-0.25, -0.2) is 14.6 Å². The van der Waals surface area contributed by atoms with E-state index in [9.17, 15) is 24.3 Å². The van der Waals surface area contributed by atoms with Crippen LogP contribution in [-0.2, 0) is 25.5 Å². The number of hydrogen-bond donors (Lipinski definition) is 3. The van der Waals surface area contributed by atoms with Gasteiger partial charge in [-0.1, -0.05) is 42.3 Å². The van der Waals surface area contributed by atoms with Crippen molar-refractivity contribution >= 4 is 46.4 Å². The van der Waals surface area contributed by atoms with E-state index in [0.717, 1.165) is 44.2 Å². The average molecular weight is 760 g/mol. The highest BCUT2D eigenvalue weighted by Crippen LogP contribution is 2.45. The number of carbonyl (C=O) groups is 4.